The Morgan fingerprint density at radius 1 is 1.47 bits per heavy atom. The molecule has 0 amide bonds. The van der Waals surface area contributed by atoms with Gasteiger partial charge >= 0.3 is 0 Å². The number of halogens is 2. The van der Waals surface area contributed by atoms with Crippen LogP contribution in [0, 0.1) is 6.92 Å². The Morgan fingerprint density at radius 2 is 2.21 bits per heavy atom. The maximum Gasteiger partial charge on any atom is 0.242 e. The number of sulfonamides is 1. The summed E-state index contributed by atoms with van der Waals surface area (Å²) in [6.45, 7) is 2.08. The molecule has 0 radical (unpaired) electrons. The summed E-state index contributed by atoms with van der Waals surface area (Å²) < 4.78 is 27.4. The number of hydrogen-bond donors (Lipinski definition) is 1. The monoisotopic (exact) mass is 380 g/mol. The molecule has 1 aromatic heterocycles. The summed E-state index contributed by atoms with van der Waals surface area (Å²) in [7, 11) is -3.63. The Bertz CT molecular complexity index is 700. The molecular formula is C11H10BrClN2O2S2. The van der Waals surface area contributed by atoms with Crippen molar-refractivity contribution >= 4 is 48.9 Å². The highest BCUT2D eigenvalue weighted by Crippen LogP contribution is 2.25. The lowest BCUT2D eigenvalue weighted by atomic mass is 10.4. The van der Waals surface area contributed by atoms with Crippen LogP contribution >= 0.6 is 38.9 Å². The highest BCUT2D eigenvalue weighted by molar-refractivity contribution is 9.10. The molecule has 0 saturated carbocycles. The van der Waals surface area contributed by atoms with E-state index in [1.165, 1.54) is 17.4 Å². The molecule has 0 unspecified atom stereocenters. The molecule has 0 saturated heterocycles. The fourth-order valence-corrected chi connectivity index (χ4v) is 4.25. The number of hydrogen-bond acceptors (Lipinski definition) is 4. The molecule has 0 aliphatic heterocycles. The Kier molecular flexibility index (Phi) is 4.62. The van der Waals surface area contributed by atoms with Crippen molar-refractivity contribution in [1.29, 1.82) is 0 Å². The van der Waals surface area contributed by atoms with Gasteiger partial charge in [-0.3, -0.25) is 0 Å². The summed E-state index contributed by atoms with van der Waals surface area (Å²) in [4.78, 5) is 5.20. The van der Waals surface area contributed by atoms with E-state index in [1.807, 2.05) is 6.92 Å². The van der Waals surface area contributed by atoms with Crippen molar-refractivity contribution in [1.82, 2.24) is 9.71 Å². The van der Waals surface area contributed by atoms with E-state index in [0.29, 0.717) is 5.01 Å². The minimum Gasteiger partial charge on any atom is -0.248 e. The summed E-state index contributed by atoms with van der Waals surface area (Å²) in [5, 5.41) is 0.895. The van der Waals surface area contributed by atoms with Crippen molar-refractivity contribution in [2.24, 2.45) is 0 Å². The van der Waals surface area contributed by atoms with Crippen LogP contribution in [0.4, 0.5) is 0 Å². The Labute approximate surface area is 129 Å². The van der Waals surface area contributed by atoms with E-state index in [-0.39, 0.29) is 16.5 Å². The first-order valence-corrected chi connectivity index (χ1v) is 8.71. The first-order valence-electron chi connectivity index (χ1n) is 5.24. The third kappa shape index (κ3) is 3.76. The fourth-order valence-electron chi connectivity index (χ4n) is 1.41. The normalized spacial score (nSPS) is 11.7. The second-order valence-corrected chi connectivity index (χ2v) is 8.14. The number of rotatable bonds is 4. The van der Waals surface area contributed by atoms with Gasteiger partial charge in [0.15, 0.2) is 0 Å². The van der Waals surface area contributed by atoms with Crippen molar-refractivity contribution in [2.75, 3.05) is 0 Å². The standard InChI is InChI=1S/C11H10BrClN2O2S2/c1-7-5-14-11(18-7)6-15-19(16,17)10-3-2-8(12)4-9(10)13/h2-5,15H,6H2,1H3. The van der Waals surface area contributed by atoms with Crippen LogP contribution in [0.15, 0.2) is 33.8 Å². The lowest BCUT2D eigenvalue weighted by molar-refractivity contribution is 0.581. The fraction of sp³-hybridized carbons (Fsp3) is 0.182. The van der Waals surface area contributed by atoms with Crippen LogP contribution in [0.25, 0.3) is 0 Å². The molecule has 2 rings (SSSR count). The molecule has 0 aliphatic rings. The summed E-state index contributed by atoms with van der Waals surface area (Å²) in [6.07, 6.45) is 1.71. The van der Waals surface area contributed by atoms with Gasteiger partial charge in [-0.1, -0.05) is 27.5 Å². The smallest absolute Gasteiger partial charge is 0.242 e. The van der Waals surface area contributed by atoms with Gasteiger partial charge in [-0.15, -0.1) is 11.3 Å². The van der Waals surface area contributed by atoms with Crippen molar-refractivity contribution in [2.45, 2.75) is 18.4 Å². The Morgan fingerprint density at radius 3 is 2.79 bits per heavy atom. The predicted molar refractivity (Wildman–Crippen MR) is 80.0 cm³/mol. The zero-order chi connectivity index (χ0) is 14.0. The van der Waals surface area contributed by atoms with Gasteiger partial charge in [0, 0.05) is 15.5 Å². The summed E-state index contributed by atoms with van der Waals surface area (Å²) in [5.41, 5.74) is 0. The Hall–Kier alpha value is -0.470. The molecule has 0 spiro atoms. The highest BCUT2D eigenvalue weighted by atomic mass is 79.9. The van der Waals surface area contributed by atoms with Crippen molar-refractivity contribution < 1.29 is 8.42 Å². The lowest BCUT2D eigenvalue weighted by Gasteiger charge is -2.07. The largest absolute Gasteiger partial charge is 0.248 e. The van der Waals surface area contributed by atoms with Crippen LogP contribution in [0.2, 0.25) is 5.02 Å². The molecule has 1 heterocycles. The minimum absolute atomic E-state index is 0.0608. The van der Waals surface area contributed by atoms with Gasteiger partial charge in [-0.25, -0.2) is 18.1 Å². The molecule has 4 nitrogen and oxygen atoms in total. The quantitative estimate of drug-likeness (QED) is 0.883. The number of thiazole rings is 1. The van der Waals surface area contributed by atoms with Crippen molar-refractivity contribution in [3.8, 4) is 0 Å². The molecule has 2 aromatic rings. The van der Waals surface area contributed by atoms with Gasteiger partial charge in [0.2, 0.25) is 10.0 Å². The summed E-state index contributed by atoms with van der Waals surface area (Å²) in [6, 6.07) is 4.64. The Balaban J connectivity index is 2.18. The summed E-state index contributed by atoms with van der Waals surface area (Å²) >= 11 is 10.6. The third-order valence-corrected chi connectivity index (χ3v) is 5.56. The zero-order valence-electron chi connectivity index (χ0n) is 9.85. The number of nitrogens with one attached hydrogen (secondary N) is 1. The molecule has 19 heavy (non-hydrogen) atoms. The number of benzene rings is 1. The van der Waals surface area contributed by atoms with Crippen molar-refractivity contribution in [3.05, 3.63) is 43.8 Å². The molecular weight excluding hydrogens is 372 g/mol. The van der Waals surface area contributed by atoms with E-state index in [9.17, 15) is 8.42 Å². The second-order valence-electron chi connectivity index (χ2n) is 3.76. The minimum atomic E-state index is -3.63. The molecule has 0 atom stereocenters. The SMILES string of the molecule is Cc1cnc(CNS(=O)(=O)c2ccc(Br)cc2Cl)s1. The average molecular weight is 382 g/mol. The predicted octanol–water partition coefficient (Wildman–Crippen LogP) is 3.35. The number of nitrogens with zero attached hydrogens (tertiary/aromatic N) is 1. The van der Waals surface area contributed by atoms with E-state index in [0.717, 1.165) is 9.35 Å². The van der Waals surface area contributed by atoms with Gasteiger partial charge < -0.3 is 0 Å². The maximum absolute atomic E-state index is 12.1. The molecule has 1 N–H and O–H groups in total. The van der Waals surface area contributed by atoms with E-state index in [2.05, 4.69) is 25.6 Å². The van der Waals surface area contributed by atoms with Crippen LogP contribution in [0.1, 0.15) is 9.88 Å². The van der Waals surface area contributed by atoms with E-state index < -0.39 is 10.0 Å². The maximum atomic E-state index is 12.1. The van der Waals surface area contributed by atoms with Crippen LogP contribution < -0.4 is 4.72 Å². The van der Waals surface area contributed by atoms with Gasteiger partial charge in [0.05, 0.1) is 11.6 Å². The van der Waals surface area contributed by atoms with Gasteiger partial charge in [-0.2, -0.15) is 0 Å². The van der Waals surface area contributed by atoms with Crippen LogP contribution in [0.3, 0.4) is 0 Å². The van der Waals surface area contributed by atoms with Crippen LogP contribution in [0.5, 0.6) is 0 Å². The lowest BCUT2D eigenvalue weighted by Crippen LogP contribution is -2.23. The highest BCUT2D eigenvalue weighted by Gasteiger charge is 2.18. The molecule has 0 aliphatic carbocycles. The topological polar surface area (TPSA) is 59.1 Å². The summed E-state index contributed by atoms with van der Waals surface area (Å²) in [5.74, 6) is 0. The second kappa shape index (κ2) is 5.88. The first kappa shape index (κ1) is 14.9. The van der Waals surface area contributed by atoms with Gasteiger partial charge in [0.25, 0.3) is 0 Å². The number of aryl methyl sites for hydroxylation is 1. The van der Waals surface area contributed by atoms with Crippen LogP contribution in [-0.4, -0.2) is 13.4 Å². The van der Waals surface area contributed by atoms with Crippen molar-refractivity contribution in [3.63, 3.8) is 0 Å². The van der Waals surface area contributed by atoms with E-state index in [4.69, 9.17) is 11.6 Å². The third-order valence-electron chi connectivity index (χ3n) is 2.27. The van der Waals surface area contributed by atoms with E-state index in [1.54, 1.807) is 18.3 Å². The van der Waals surface area contributed by atoms with Gasteiger partial charge in [-0.05, 0) is 25.1 Å². The molecule has 0 bridgehead atoms. The molecule has 102 valence electrons. The average Bonchev–Trinajstić information content (AvgIpc) is 2.72. The first-order chi connectivity index (χ1) is 8.88. The van der Waals surface area contributed by atoms with Gasteiger partial charge in [0.1, 0.15) is 9.90 Å². The van der Waals surface area contributed by atoms with E-state index >= 15 is 0 Å². The molecule has 8 heteroatoms. The van der Waals surface area contributed by atoms with Crippen LogP contribution in [-0.2, 0) is 16.6 Å². The molecule has 1 aromatic carbocycles. The molecule has 0 fully saturated rings. The zero-order valence-corrected chi connectivity index (χ0v) is 13.8. The number of aromatic nitrogens is 1.